The number of carbonyl (C=O) groups is 1. The molecule has 1 fully saturated rings. The third-order valence-electron chi connectivity index (χ3n) is 4.69. The van der Waals surface area contributed by atoms with Crippen LogP contribution in [0.1, 0.15) is 53.8 Å². The average molecular weight is 309 g/mol. The highest BCUT2D eigenvalue weighted by Gasteiger charge is 2.35. The monoisotopic (exact) mass is 309 g/mol. The lowest BCUT2D eigenvalue weighted by Gasteiger charge is -2.31. The normalized spacial score (nSPS) is 18.9. The van der Waals surface area contributed by atoms with E-state index in [1.54, 1.807) is 12.4 Å². The summed E-state index contributed by atoms with van der Waals surface area (Å²) in [6.45, 7) is 4.88. The summed E-state index contributed by atoms with van der Waals surface area (Å²) >= 11 is 0. The maximum atomic E-state index is 12.8. The Morgan fingerprint density at radius 3 is 2.70 bits per heavy atom. The van der Waals surface area contributed by atoms with Crippen LogP contribution in [-0.4, -0.2) is 33.4 Å². The van der Waals surface area contributed by atoms with Gasteiger partial charge in [0.1, 0.15) is 5.69 Å². The zero-order chi connectivity index (χ0) is 16.2. The predicted molar refractivity (Wildman–Crippen MR) is 90.3 cm³/mol. The quantitative estimate of drug-likeness (QED) is 0.867. The van der Waals surface area contributed by atoms with Gasteiger partial charge in [-0.05, 0) is 31.7 Å². The van der Waals surface area contributed by atoms with Crippen LogP contribution in [0.4, 0.5) is 0 Å². The highest BCUT2D eigenvalue weighted by Crippen LogP contribution is 2.34. The minimum Gasteiger partial charge on any atom is -0.334 e. The van der Waals surface area contributed by atoms with Gasteiger partial charge >= 0.3 is 0 Å². The molecule has 4 heteroatoms. The van der Waals surface area contributed by atoms with Gasteiger partial charge in [0.15, 0.2) is 0 Å². The SMILES string of the molecule is CCC(c1ccccc1)C1CCCN1C(=O)c1cnc(C)cn1. The lowest BCUT2D eigenvalue weighted by Crippen LogP contribution is -2.39. The number of hydrogen-bond acceptors (Lipinski definition) is 3. The van der Waals surface area contributed by atoms with Gasteiger partial charge in [-0.3, -0.25) is 9.78 Å². The average Bonchev–Trinajstić information content (AvgIpc) is 3.06. The molecule has 0 radical (unpaired) electrons. The van der Waals surface area contributed by atoms with Crippen molar-refractivity contribution in [2.45, 2.75) is 45.1 Å². The standard InChI is InChI=1S/C19H23N3O/c1-3-16(15-8-5-4-6-9-15)18-10-7-11-22(18)19(23)17-13-20-14(2)12-21-17/h4-6,8-9,12-13,16,18H,3,7,10-11H2,1-2H3. The van der Waals surface area contributed by atoms with Crippen molar-refractivity contribution < 1.29 is 4.79 Å². The van der Waals surface area contributed by atoms with Crippen molar-refractivity contribution in [3.63, 3.8) is 0 Å². The maximum absolute atomic E-state index is 12.8. The van der Waals surface area contributed by atoms with Gasteiger partial charge in [0.2, 0.25) is 0 Å². The number of carbonyl (C=O) groups excluding carboxylic acids is 1. The van der Waals surface area contributed by atoms with Crippen molar-refractivity contribution >= 4 is 5.91 Å². The molecule has 2 unspecified atom stereocenters. The van der Waals surface area contributed by atoms with E-state index in [-0.39, 0.29) is 11.9 Å². The minimum absolute atomic E-state index is 0.00869. The Labute approximate surface area is 137 Å². The number of rotatable bonds is 4. The molecule has 2 aromatic rings. The van der Waals surface area contributed by atoms with Crippen LogP contribution in [0.25, 0.3) is 0 Å². The molecule has 1 aliphatic rings. The lowest BCUT2D eigenvalue weighted by molar-refractivity contribution is 0.0708. The number of hydrogen-bond donors (Lipinski definition) is 0. The molecule has 0 saturated carbocycles. The van der Waals surface area contributed by atoms with E-state index in [1.165, 1.54) is 5.56 Å². The molecule has 0 bridgehead atoms. The molecule has 1 amide bonds. The van der Waals surface area contributed by atoms with Gasteiger partial charge in [-0.2, -0.15) is 0 Å². The molecule has 1 aliphatic heterocycles. The van der Waals surface area contributed by atoms with E-state index in [4.69, 9.17) is 0 Å². The molecule has 3 rings (SSSR count). The number of likely N-dealkylation sites (tertiary alicyclic amines) is 1. The van der Waals surface area contributed by atoms with Gasteiger partial charge in [-0.25, -0.2) is 4.98 Å². The molecule has 2 atom stereocenters. The van der Waals surface area contributed by atoms with Gasteiger partial charge in [0.25, 0.3) is 5.91 Å². The molecular formula is C19H23N3O. The highest BCUT2D eigenvalue weighted by atomic mass is 16.2. The molecule has 0 N–H and O–H groups in total. The number of amides is 1. The zero-order valence-electron chi connectivity index (χ0n) is 13.8. The van der Waals surface area contributed by atoms with Crippen molar-refractivity contribution in [2.75, 3.05) is 6.54 Å². The van der Waals surface area contributed by atoms with Gasteiger partial charge in [0, 0.05) is 24.7 Å². The van der Waals surface area contributed by atoms with Crippen molar-refractivity contribution in [2.24, 2.45) is 0 Å². The van der Waals surface area contributed by atoms with Crippen LogP contribution < -0.4 is 0 Å². The van der Waals surface area contributed by atoms with Crippen LogP contribution in [0.15, 0.2) is 42.7 Å². The first-order valence-corrected chi connectivity index (χ1v) is 8.35. The summed E-state index contributed by atoms with van der Waals surface area (Å²) in [6, 6.07) is 10.8. The van der Waals surface area contributed by atoms with Gasteiger partial charge in [0.05, 0.1) is 11.9 Å². The van der Waals surface area contributed by atoms with Gasteiger partial charge in [-0.15, -0.1) is 0 Å². The second kappa shape index (κ2) is 6.90. The van der Waals surface area contributed by atoms with E-state index in [9.17, 15) is 4.79 Å². The smallest absolute Gasteiger partial charge is 0.274 e. The van der Waals surface area contributed by atoms with E-state index in [1.807, 2.05) is 17.9 Å². The van der Waals surface area contributed by atoms with E-state index >= 15 is 0 Å². The van der Waals surface area contributed by atoms with Crippen LogP contribution in [0, 0.1) is 6.92 Å². The van der Waals surface area contributed by atoms with Crippen molar-refractivity contribution in [3.8, 4) is 0 Å². The van der Waals surface area contributed by atoms with Crippen molar-refractivity contribution in [1.82, 2.24) is 14.9 Å². The first kappa shape index (κ1) is 15.7. The van der Waals surface area contributed by atoms with Gasteiger partial charge in [-0.1, -0.05) is 37.3 Å². The summed E-state index contributed by atoms with van der Waals surface area (Å²) in [4.78, 5) is 23.3. The molecular weight excluding hydrogens is 286 g/mol. The lowest BCUT2D eigenvalue weighted by atomic mass is 9.87. The molecule has 1 saturated heterocycles. The second-order valence-electron chi connectivity index (χ2n) is 6.18. The summed E-state index contributed by atoms with van der Waals surface area (Å²) < 4.78 is 0. The molecule has 4 nitrogen and oxygen atoms in total. The van der Waals surface area contributed by atoms with E-state index < -0.39 is 0 Å². The number of benzene rings is 1. The number of nitrogens with zero attached hydrogens (tertiary/aromatic N) is 3. The third-order valence-corrected chi connectivity index (χ3v) is 4.69. The van der Waals surface area contributed by atoms with Crippen LogP contribution in [0.2, 0.25) is 0 Å². The largest absolute Gasteiger partial charge is 0.334 e. The van der Waals surface area contributed by atoms with Crippen molar-refractivity contribution in [3.05, 3.63) is 59.7 Å². The second-order valence-corrected chi connectivity index (χ2v) is 6.18. The Kier molecular flexibility index (Phi) is 4.70. The van der Waals surface area contributed by atoms with Crippen molar-refractivity contribution in [1.29, 1.82) is 0 Å². The topological polar surface area (TPSA) is 46.1 Å². The summed E-state index contributed by atoms with van der Waals surface area (Å²) in [5.74, 6) is 0.385. The number of aryl methyl sites for hydroxylation is 1. The third kappa shape index (κ3) is 3.26. The minimum atomic E-state index is 0.00869. The molecule has 0 aliphatic carbocycles. The van der Waals surface area contributed by atoms with Crippen LogP contribution in [0.3, 0.4) is 0 Å². The Morgan fingerprint density at radius 1 is 1.26 bits per heavy atom. The fourth-order valence-corrected chi connectivity index (χ4v) is 3.54. The first-order valence-electron chi connectivity index (χ1n) is 8.35. The predicted octanol–water partition coefficient (Wildman–Crippen LogP) is 3.58. The summed E-state index contributed by atoms with van der Waals surface area (Å²) in [7, 11) is 0. The van der Waals surface area contributed by atoms with Gasteiger partial charge < -0.3 is 4.90 Å². The maximum Gasteiger partial charge on any atom is 0.274 e. The highest BCUT2D eigenvalue weighted by molar-refractivity contribution is 5.92. The summed E-state index contributed by atoms with van der Waals surface area (Å²) in [5, 5.41) is 0. The fourth-order valence-electron chi connectivity index (χ4n) is 3.54. The Balaban J connectivity index is 1.84. The Morgan fingerprint density at radius 2 is 2.04 bits per heavy atom. The van der Waals surface area contributed by atoms with Crippen LogP contribution >= 0.6 is 0 Å². The fraction of sp³-hybridized carbons (Fsp3) is 0.421. The summed E-state index contributed by atoms with van der Waals surface area (Å²) in [5.41, 5.74) is 2.59. The van der Waals surface area contributed by atoms with E-state index in [0.717, 1.165) is 31.5 Å². The Hall–Kier alpha value is -2.23. The summed E-state index contributed by atoms with van der Waals surface area (Å²) in [6.07, 6.45) is 6.39. The molecule has 2 heterocycles. The van der Waals surface area contributed by atoms with E-state index in [2.05, 4.69) is 41.2 Å². The van der Waals surface area contributed by atoms with E-state index in [0.29, 0.717) is 11.6 Å². The number of aromatic nitrogens is 2. The molecule has 120 valence electrons. The molecule has 1 aromatic heterocycles. The molecule has 23 heavy (non-hydrogen) atoms. The molecule has 0 spiro atoms. The first-order chi connectivity index (χ1) is 11.2. The zero-order valence-corrected chi connectivity index (χ0v) is 13.8. The molecule has 1 aromatic carbocycles. The van der Waals surface area contributed by atoms with Crippen LogP contribution in [0.5, 0.6) is 0 Å². The Bertz CT molecular complexity index is 654. The van der Waals surface area contributed by atoms with Crippen LogP contribution in [-0.2, 0) is 0 Å².